The zero-order valence-corrected chi connectivity index (χ0v) is 14.4. The molecule has 0 aliphatic rings. The molecule has 0 unspecified atom stereocenters. The van der Waals surface area contributed by atoms with Crippen molar-refractivity contribution in [1.82, 2.24) is 10.3 Å². The van der Waals surface area contributed by atoms with Crippen LogP contribution < -0.4 is 15.6 Å². The maximum Gasteiger partial charge on any atom is 0.270 e. The van der Waals surface area contributed by atoms with E-state index in [2.05, 4.69) is 10.7 Å². The summed E-state index contributed by atoms with van der Waals surface area (Å²) in [4.78, 5) is 11.7. The lowest BCUT2D eigenvalue weighted by Crippen LogP contribution is -2.43. The largest absolute Gasteiger partial charge is 0.332 e. The summed E-state index contributed by atoms with van der Waals surface area (Å²) in [5, 5.41) is 13.2. The molecule has 132 valence electrons. The van der Waals surface area contributed by atoms with Crippen molar-refractivity contribution in [1.29, 1.82) is 0 Å². The molecule has 2 aromatic carbocycles. The first-order chi connectivity index (χ1) is 11.7. The number of aryl methyl sites for hydroxylation is 1. The number of halogens is 1. The van der Waals surface area contributed by atoms with Gasteiger partial charge in [-0.3, -0.25) is 15.5 Å². The molecule has 0 radical (unpaired) electrons. The van der Waals surface area contributed by atoms with Crippen molar-refractivity contribution in [2.24, 2.45) is 0 Å². The van der Waals surface area contributed by atoms with E-state index in [1.165, 1.54) is 30.3 Å². The molecule has 0 fully saturated rings. The van der Waals surface area contributed by atoms with E-state index in [1.807, 2.05) is 4.83 Å². The van der Waals surface area contributed by atoms with E-state index in [0.717, 1.165) is 6.07 Å². The first kappa shape index (κ1) is 18.7. The highest BCUT2D eigenvalue weighted by Crippen LogP contribution is 2.17. The van der Waals surface area contributed by atoms with Crippen LogP contribution in [0.5, 0.6) is 0 Å². The maximum atomic E-state index is 13.5. The van der Waals surface area contributed by atoms with Crippen LogP contribution in [0.2, 0.25) is 0 Å². The predicted octanol–water partition coefficient (Wildman–Crippen LogP) is 2.22. The first-order valence-electron chi connectivity index (χ1n) is 6.78. The van der Waals surface area contributed by atoms with Crippen LogP contribution in [0.15, 0.2) is 47.4 Å². The van der Waals surface area contributed by atoms with Crippen molar-refractivity contribution < 1.29 is 17.7 Å². The third-order valence-electron chi connectivity index (χ3n) is 3.07. The Balaban J connectivity index is 2.03. The van der Waals surface area contributed by atoms with Crippen LogP contribution in [0.4, 0.5) is 15.8 Å². The molecular weight excluding hydrogens is 371 g/mol. The predicted molar refractivity (Wildman–Crippen MR) is 93.9 cm³/mol. The van der Waals surface area contributed by atoms with E-state index >= 15 is 0 Å². The lowest BCUT2D eigenvalue weighted by Gasteiger charge is -2.12. The minimum Gasteiger partial charge on any atom is -0.332 e. The van der Waals surface area contributed by atoms with Gasteiger partial charge in [0, 0.05) is 17.8 Å². The highest BCUT2D eigenvalue weighted by atomic mass is 32.2. The number of hydrogen-bond acceptors (Lipinski definition) is 5. The summed E-state index contributed by atoms with van der Waals surface area (Å²) in [6.45, 7) is 1.60. The fraction of sp³-hybridized carbons (Fsp3) is 0.0714. The molecule has 0 aliphatic carbocycles. The Hall–Kier alpha value is -2.63. The van der Waals surface area contributed by atoms with Gasteiger partial charge >= 0.3 is 0 Å². The second-order valence-corrected chi connectivity index (χ2v) is 6.99. The van der Waals surface area contributed by atoms with Crippen LogP contribution in [-0.4, -0.2) is 18.5 Å². The molecule has 2 rings (SSSR count). The van der Waals surface area contributed by atoms with E-state index < -0.39 is 20.8 Å². The van der Waals surface area contributed by atoms with Gasteiger partial charge in [-0.25, -0.2) is 12.8 Å². The van der Waals surface area contributed by atoms with Crippen molar-refractivity contribution in [3.63, 3.8) is 0 Å². The van der Waals surface area contributed by atoms with E-state index in [4.69, 9.17) is 12.2 Å². The number of hydrazine groups is 1. The molecule has 0 heterocycles. The average Bonchev–Trinajstić information content (AvgIpc) is 2.56. The highest BCUT2D eigenvalue weighted by Gasteiger charge is 2.17. The molecule has 0 saturated heterocycles. The molecule has 0 saturated carbocycles. The molecule has 0 spiro atoms. The van der Waals surface area contributed by atoms with Crippen LogP contribution >= 0.6 is 12.2 Å². The van der Waals surface area contributed by atoms with Crippen molar-refractivity contribution in [2.75, 3.05) is 5.32 Å². The quantitative estimate of drug-likeness (QED) is 0.411. The van der Waals surface area contributed by atoms with Crippen LogP contribution in [0.3, 0.4) is 0 Å². The van der Waals surface area contributed by atoms with Gasteiger partial charge in [-0.15, -0.1) is 4.83 Å². The lowest BCUT2D eigenvalue weighted by molar-refractivity contribution is -0.385. The number of nitrogens with one attached hydrogen (secondary N) is 3. The van der Waals surface area contributed by atoms with Crippen molar-refractivity contribution in [3.05, 3.63) is 64.0 Å². The number of nitro groups is 1. The number of thiocarbonyl (C=S) groups is 1. The Kier molecular flexibility index (Phi) is 5.62. The summed E-state index contributed by atoms with van der Waals surface area (Å²) in [5.74, 6) is -0.440. The number of sulfonamides is 1. The van der Waals surface area contributed by atoms with Gasteiger partial charge in [0.05, 0.1) is 9.82 Å². The summed E-state index contributed by atoms with van der Waals surface area (Å²) in [5.41, 5.74) is 2.66. The molecule has 0 aliphatic heterocycles. The fourth-order valence-corrected chi connectivity index (χ4v) is 2.89. The fourth-order valence-electron chi connectivity index (χ4n) is 1.77. The van der Waals surface area contributed by atoms with Gasteiger partial charge in [-0.05, 0) is 42.9 Å². The molecule has 0 bridgehead atoms. The normalized spacial score (nSPS) is 11.0. The zero-order chi connectivity index (χ0) is 18.6. The van der Waals surface area contributed by atoms with E-state index in [9.17, 15) is 22.9 Å². The molecule has 0 amide bonds. The number of rotatable bonds is 5. The number of nitrogens with zero attached hydrogens (tertiary/aromatic N) is 1. The third kappa shape index (κ3) is 4.92. The number of non-ortho nitro benzene ring substituents is 1. The second-order valence-electron chi connectivity index (χ2n) is 4.90. The smallest absolute Gasteiger partial charge is 0.270 e. The van der Waals surface area contributed by atoms with Crippen LogP contribution in [0, 0.1) is 22.9 Å². The number of hydrogen-bond donors (Lipinski definition) is 3. The highest BCUT2D eigenvalue weighted by molar-refractivity contribution is 7.89. The Morgan fingerprint density at radius 1 is 1.24 bits per heavy atom. The first-order valence-corrected chi connectivity index (χ1v) is 8.67. The van der Waals surface area contributed by atoms with Crippen molar-refractivity contribution in [3.8, 4) is 0 Å². The molecule has 0 atom stereocenters. The summed E-state index contributed by atoms with van der Waals surface area (Å²) in [7, 11) is -4.09. The third-order valence-corrected chi connectivity index (χ3v) is 4.52. The van der Waals surface area contributed by atoms with Gasteiger partial charge in [-0.1, -0.05) is 12.1 Å². The van der Waals surface area contributed by atoms with Crippen LogP contribution in [0.25, 0.3) is 0 Å². The Morgan fingerprint density at radius 2 is 1.96 bits per heavy atom. The van der Waals surface area contributed by atoms with Gasteiger partial charge < -0.3 is 5.32 Å². The molecule has 25 heavy (non-hydrogen) atoms. The zero-order valence-electron chi connectivity index (χ0n) is 12.8. The molecule has 0 aromatic heterocycles. The number of benzene rings is 2. The molecule has 2 aromatic rings. The Morgan fingerprint density at radius 3 is 2.60 bits per heavy atom. The van der Waals surface area contributed by atoms with Gasteiger partial charge in [0.15, 0.2) is 5.11 Å². The van der Waals surface area contributed by atoms with Gasteiger partial charge in [0.2, 0.25) is 0 Å². The van der Waals surface area contributed by atoms with Gasteiger partial charge in [0.1, 0.15) is 5.82 Å². The number of anilines is 1. The minimum absolute atomic E-state index is 0.128. The Bertz CT molecular complexity index is 934. The average molecular weight is 384 g/mol. The van der Waals surface area contributed by atoms with E-state index in [0.29, 0.717) is 11.3 Å². The lowest BCUT2D eigenvalue weighted by atomic mass is 10.2. The SMILES string of the molecule is Cc1ccc(NC(=S)NNS(=O)(=O)c2cccc([N+](=O)[O-])c2)cc1F. The number of nitro benzene ring substituents is 1. The van der Waals surface area contributed by atoms with Gasteiger partial charge in [-0.2, -0.15) is 0 Å². The summed E-state index contributed by atoms with van der Waals surface area (Å²) >= 11 is 4.92. The van der Waals surface area contributed by atoms with Crippen LogP contribution in [-0.2, 0) is 10.0 Å². The van der Waals surface area contributed by atoms with Gasteiger partial charge in [0.25, 0.3) is 15.7 Å². The maximum absolute atomic E-state index is 13.5. The summed E-state index contributed by atoms with van der Waals surface area (Å²) in [6.07, 6.45) is 0. The van der Waals surface area contributed by atoms with Crippen molar-refractivity contribution in [2.45, 2.75) is 11.8 Å². The monoisotopic (exact) mass is 384 g/mol. The molecule has 3 N–H and O–H groups in total. The van der Waals surface area contributed by atoms with Crippen molar-refractivity contribution >= 4 is 38.7 Å². The summed E-state index contributed by atoms with van der Waals surface area (Å²) in [6, 6.07) is 8.84. The standard InChI is InChI=1S/C14H13FN4O4S2/c1-9-5-6-10(7-13(9)15)16-14(24)17-18-25(22,23)12-4-2-3-11(8-12)19(20)21/h2-8,18H,1H3,(H2,16,17,24). The Labute approximate surface area is 148 Å². The molecule has 11 heteroatoms. The summed E-state index contributed by atoms with van der Waals surface area (Å²) < 4.78 is 37.7. The second kappa shape index (κ2) is 7.51. The topological polar surface area (TPSA) is 113 Å². The van der Waals surface area contributed by atoms with E-state index in [-0.39, 0.29) is 15.7 Å². The van der Waals surface area contributed by atoms with E-state index in [1.54, 1.807) is 13.0 Å². The van der Waals surface area contributed by atoms with Crippen LogP contribution in [0.1, 0.15) is 5.56 Å². The molecule has 8 nitrogen and oxygen atoms in total. The molecular formula is C14H13FN4O4S2. The minimum atomic E-state index is -4.09.